The summed E-state index contributed by atoms with van der Waals surface area (Å²) in [7, 11) is 1.80. The fraction of sp³-hybridized carbons (Fsp3) is 0.429. The zero-order valence-electron chi connectivity index (χ0n) is 16.9. The van der Waals surface area contributed by atoms with E-state index in [1.165, 1.54) is 0 Å². The third-order valence-electron chi connectivity index (χ3n) is 4.95. The van der Waals surface area contributed by atoms with Crippen molar-refractivity contribution in [3.8, 4) is 11.1 Å². The van der Waals surface area contributed by atoms with Gasteiger partial charge in [0.15, 0.2) is 0 Å². The van der Waals surface area contributed by atoms with Gasteiger partial charge in [-0.1, -0.05) is 17.7 Å². The van der Waals surface area contributed by atoms with Gasteiger partial charge in [0.25, 0.3) is 0 Å². The number of aryl methyl sites for hydroxylation is 1. The van der Waals surface area contributed by atoms with E-state index < -0.39 is 11.4 Å². The summed E-state index contributed by atoms with van der Waals surface area (Å²) in [5.74, 6) is 0.133. The molecule has 0 spiro atoms. The molecule has 150 valence electrons. The molecule has 1 aromatic heterocycles. The van der Waals surface area contributed by atoms with Crippen LogP contribution in [0.5, 0.6) is 0 Å². The minimum atomic E-state index is -1.21. The summed E-state index contributed by atoms with van der Waals surface area (Å²) < 4.78 is 15.2. The van der Waals surface area contributed by atoms with E-state index in [0.717, 1.165) is 34.4 Å². The maximum Gasteiger partial charge on any atom is 0.227 e. The molecule has 2 atom stereocenters. The summed E-state index contributed by atoms with van der Waals surface area (Å²) in [5.41, 5.74) is 4.67. The number of rotatable bonds is 4. The number of aromatic nitrogens is 1. The number of amides is 1. The SMILES string of the molecule is C[C@@H](N[S+]([O-])C(C)(C)C)c1cncc(-c2ccc3c(c2)CCC(=O)N3C)c1Cl. The molecule has 0 aliphatic carbocycles. The van der Waals surface area contributed by atoms with Crippen molar-refractivity contribution in [3.63, 3.8) is 0 Å². The number of anilines is 1. The molecule has 2 aromatic rings. The molecule has 2 heterocycles. The highest BCUT2D eigenvalue weighted by atomic mass is 35.5. The third-order valence-corrected chi connectivity index (χ3v) is 7.05. The molecular weight excluding hydrogens is 394 g/mol. The van der Waals surface area contributed by atoms with E-state index in [1.54, 1.807) is 24.3 Å². The first kappa shape index (κ1) is 21.1. The summed E-state index contributed by atoms with van der Waals surface area (Å²) >= 11 is 5.52. The summed E-state index contributed by atoms with van der Waals surface area (Å²) in [4.78, 5) is 18.0. The largest absolute Gasteiger partial charge is 0.598 e. The van der Waals surface area contributed by atoms with Crippen LogP contribution in [0.2, 0.25) is 5.02 Å². The van der Waals surface area contributed by atoms with E-state index >= 15 is 0 Å². The molecule has 0 saturated carbocycles. The fourth-order valence-electron chi connectivity index (χ4n) is 3.19. The first-order valence-electron chi connectivity index (χ1n) is 9.31. The number of halogens is 1. The minimum absolute atomic E-state index is 0.133. The second kappa shape index (κ2) is 8.03. The number of fused-ring (bicyclic) bond motifs is 1. The highest BCUT2D eigenvalue weighted by Crippen LogP contribution is 2.36. The second-order valence-corrected chi connectivity index (χ2v) is 10.5. The zero-order chi connectivity index (χ0) is 20.6. The number of carbonyl (C=O) groups is 1. The van der Waals surface area contributed by atoms with Gasteiger partial charge in [-0.25, -0.2) is 0 Å². The van der Waals surface area contributed by atoms with E-state index in [0.29, 0.717) is 11.4 Å². The lowest BCUT2D eigenvalue weighted by atomic mass is 9.96. The predicted octanol–water partition coefficient (Wildman–Crippen LogP) is 4.42. The Kier molecular flexibility index (Phi) is 6.05. The van der Waals surface area contributed by atoms with Gasteiger partial charge >= 0.3 is 0 Å². The van der Waals surface area contributed by atoms with Crippen LogP contribution in [0.15, 0.2) is 30.6 Å². The Hall–Kier alpha value is -1.60. The van der Waals surface area contributed by atoms with Gasteiger partial charge in [-0.3, -0.25) is 9.78 Å². The van der Waals surface area contributed by atoms with Crippen molar-refractivity contribution in [3.05, 3.63) is 46.7 Å². The number of nitrogens with one attached hydrogen (secondary N) is 1. The molecular formula is C21H26ClN3O2S. The molecule has 1 aromatic carbocycles. The van der Waals surface area contributed by atoms with Crippen molar-refractivity contribution in [1.29, 1.82) is 0 Å². The molecule has 1 amide bonds. The molecule has 0 fully saturated rings. The molecule has 7 heteroatoms. The fourth-order valence-corrected chi connectivity index (χ4v) is 4.36. The van der Waals surface area contributed by atoms with Crippen LogP contribution in [0.1, 0.15) is 51.3 Å². The molecule has 1 unspecified atom stereocenters. The van der Waals surface area contributed by atoms with Gasteiger partial charge < -0.3 is 9.45 Å². The first-order valence-corrected chi connectivity index (χ1v) is 10.8. The quantitative estimate of drug-likeness (QED) is 0.744. The van der Waals surface area contributed by atoms with Gasteiger partial charge in [-0.05, 0) is 57.4 Å². The normalized spacial score (nSPS) is 16.7. The Morgan fingerprint density at radius 2 is 2.00 bits per heavy atom. The molecule has 1 N–H and O–H groups in total. The van der Waals surface area contributed by atoms with Crippen molar-refractivity contribution in [2.45, 2.75) is 51.3 Å². The number of benzene rings is 1. The Morgan fingerprint density at radius 1 is 1.29 bits per heavy atom. The average molecular weight is 420 g/mol. The number of nitrogens with zero attached hydrogens (tertiary/aromatic N) is 2. The molecule has 28 heavy (non-hydrogen) atoms. The van der Waals surface area contributed by atoms with Gasteiger partial charge in [-0.2, -0.15) is 0 Å². The van der Waals surface area contributed by atoms with Crippen LogP contribution in [0.4, 0.5) is 5.69 Å². The van der Waals surface area contributed by atoms with Gasteiger partial charge in [0.05, 0.1) is 11.1 Å². The smallest absolute Gasteiger partial charge is 0.227 e. The average Bonchev–Trinajstić information content (AvgIpc) is 2.64. The molecule has 5 nitrogen and oxygen atoms in total. The highest BCUT2D eigenvalue weighted by Gasteiger charge is 2.29. The van der Waals surface area contributed by atoms with Gasteiger partial charge in [0.1, 0.15) is 4.75 Å². The topological polar surface area (TPSA) is 68.3 Å². The van der Waals surface area contributed by atoms with Crippen LogP contribution < -0.4 is 9.62 Å². The molecule has 1 aliphatic heterocycles. The Balaban J connectivity index is 1.92. The van der Waals surface area contributed by atoms with E-state index in [2.05, 4.69) is 15.8 Å². The van der Waals surface area contributed by atoms with Gasteiger partial charge in [0.2, 0.25) is 5.91 Å². The van der Waals surface area contributed by atoms with Crippen molar-refractivity contribution < 1.29 is 9.35 Å². The van der Waals surface area contributed by atoms with Crippen LogP contribution in [0, 0.1) is 0 Å². The van der Waals surface area contributed by atoms with E-state index in [4.69, 9.17) is 11.6 Å². The maximum absolute atomic E-state index is 12.4. The lowest BCUT2D eigenvalue weighted by Crippen LogP contribution is -2.40. The molecule has 0 bridgehead atoms. The Bertz CT molecular complexity index is 898. The predicted molar refractivity (Wildman–Crippen MR) is 116 cm³/mol. The molecule has 0 saturated heterocycles. The van der Waals surface area contributed by atoms with Crippen LogP contribution >= 0.6 is 11.6 Å². The summed E-state index contributed by atoms with van der Waals surface area (Å²) in [6.07, 6.45) is 4.70. The maximum atomic E-state index is 12.4. The highest BCUT2D eigenvalue weighted by molar-refractivity contribution is 7.90. The van der Waals surface area contributed by atoms with Crippen molar-refractivity contribution in [2.75, 3.05) is 11.9 Å². The third kappa shape index (κ3) is 4.20. The first-order chi connectivity index (χ1) is 13.1. The second-order valence-electron chi connectivity index (χ2n) is 8.11. The van der Waals surface area contributed by atoms with E-state index in [9.17, 15) is 9.35 Å². The number of pyridine rings is 1. The molecule has 1 aliphatic rings. The van der Waals surface area contributed by atoms with Gasteiger partial charge in [0, 0.05) is 54.0 Å². The standard InChI is InChI=1S/C21H26ClN3O2S/c1-13(24-28(27)21(2,3)4)16-11-23-12-17(20(16)22)14-6-8-18-15(10-14)7-9-19(26)25(18)5/h6,8,10-13,24H,7,9H2,1-5H3/t13-,28?/m1/s1. The molecule has 3 rings (SSSR count). The number of carbonyl (C=O) groups excluding carboxylic acids is 1. The number of hydrogen-bond acceptors (Lipinski definition) is 4. The monoisotopic (exact) mass is 419 g/mol. The van der Waals surface area contributed by atoms with Crippen LogP contribution in [-0.4, -0.2) is 27.2 Å². The van der Waals surface area contributed by atoms with Gasteiger partial charge in [-0.15, -0.1) is 4.72 Å². The van der Waals surface area contributed by atoms with Crippen LogP contribution in [0.3, 0.4) is 0 Å². The zero-order valence-corrected chi connectivity index (χ0v) is 18.4. The van der Waals surface area contributed by atoms with E-state index in [1.807, 2.05) is 39.8 Å². The summed E-state index contributed by atoms with van der Waals surface area (Å²) in [6, 6.07) is 5.80. The van der Waals surface area contributed by atoms with E-state index in [-0.39, 0.29) is 16.7 Å². The van der Waals surface area contributed by atoms with Crippen molar-refractivity contribution >= 4 is 34.6 Å². The van der Waals surface area contributed by atoms with Crippen molar-refractivity contribution in [2.24, 2.45) is 0 Å². The van der Waals surface area contributed by atoms with Crippen LogP contribution in [-0.2, 0) is 22.6 Å². The number of hydrogen-bond donors (Lipinski definition) is 1. The van der Waals surface area contributed by atoms with Crippen LogP contribution in [0.25, 0.3) is 11.1 Å². The van der Waals surface area contributed by atoms with Crippen molar-refractivity contribution in [1.82, 2.24) is 9.71 Å². The Labute approximate surface area is 174 Å². The molecule has 0 radical (unpaired) electrons. The minimum Gasteiger partial charge on any atom is -0.598 e. The summed E-state index contributed by atoms with van der Waals surface area (Å²) in [6.45, 7) is 7.71. The lowest BCUT2D eigenvalue weighted by Gasteiger charge is -2.27. The Morgan fingerprint density at radius 3 is 2.68 bits per heavy atom. The lowest BCUT2D eigenvalue weighted by molar-refractivity contribution is -0.118. The summed E-state index contributed by atoms with van der Waals surface area (Å²) in [5, 5.41) is 0.598.